The fourth-order valence-electron chi connectivity index (χ4n) is 1.33. The molecule has 1 aromatic carbocycles. The summed E-state index contributed by atoms with van der Waals surface area (Å²) < 4.78 is 30.9. The van der Waals surface area contributed by atoms with Crippen LogP contribution in [0.3, 0.4) is 0 Å². The molecule has 0 radical (unpaired) electrons. The first-order valence-corrected chi connectivity index (χ1v) is 5.42. The third-order valence-corrected chi connectivity index (χ3v) is 2.40. The molecule has 0 spiro atoms. The summed E-state index contributed by atoms with van der Waals surface area (Å²) >= 11 is 0. The standard InChI is InChI=1S/C12H17F2NO2/c1-12(15,8-16)5-2-6-17-11-4-3-9(13)7-10(11)14/h3-4,7,16H,2,5-6,8,15H2,1H3. The van der Waals surface area contributed by atoms with Crippen molar-refractivity contribution in [1.29, 1.82) is 0 Å². The summed E-state index contributed by atoms with van der Waals surface area (Å²) in [6.45, 7) is 1.89. The van der Waals surface area contributed by atoms with Gasteiger partial charge in [-0.3, -0.25) is 0 Å². The number of nitrogens with two attached hydrogens (primary N) is 1. The highest BCUT2D eigenvalue weighted by molar-refractivity contribution is 5.24. The second-order valence-electron chi connectivity index (χ2n) is 4.34. The lowest BCUT2D eigenvalue weighted by Gasteiger charge is -2.21. The Labute approximate surface area is 99.2 Å². The van der Waals surface area contributed by atoms with Crippen LogP contribution in [0.1, 0.15) is 19.8 Å². The molecule has 0 aliphatic carbocycles. The van der Waals surface area contributed by atoms with E-state index in [1.807, 2.05) is 0 Å². The molecule has 0 saturated heterocycles. The summed E-state index contributed by atoms with van der Waals surface area (Å²) in [6.07, 6.45) is 1.15. The van der Waals surface area contributed by atoms with Crippen LogP contribution in [0.25, 0.3) is 0 Å². The van der Waals surface area contributed by atoms with Crippen LogP contribution in [0.4, 0.5) is 8.78 Å². The van der Waals surface area contributed by atoms with Crippen molar-refractivity contribution in [2.75, 3.05) is 13.2 Å². The number of hydrogen-bond donors (Lipinski definition) is 2. The minimum absolute atomic E-state index is 0.0223. The molecular formula is C12H17F2NO2. The lowest BCUT2D eigenvalue weighted by atomic mass is 9.99. The summed E-state index contributed by atoms with van der Waals surface area (Å²) in [5, 5.41) is 8.92. The van der Waals surface area contributed by atoms with Gasteiger partial charge >= 0.3 is 0 Å². The van der Waals surface area contributed by atoms with E-state index in [-0.39, 0.29) is 19.0 Å². The third kappa shape index (κ3) is 4.66. The van der Waals surface area contributed by atoms with E-state index < -0.39 is 17.2 Å². The summed E-state index contributed by atoms with van der Waals surface area (Å²) in [6, 6.07) is 3.16. The number of aliphatic hydroxyl groups excluding tert-OH is 1. The molecule has 0 aliphatic rings. The zero-order valence-corrected chi connectivity index (χ0v) is 9.75. The molecule has 0 saturated carbocycles. The fourth-order valence-corrected chi connectivity index (χ4v) is 1.33. The largest absolute Gasteiger partial charge is 0.491 e. The van der Waals surface area contributed by atoms with Gasteiger partial charge in [0.25, 0.3) is 0 Å². The van der Waals surface area contributed by atoms with E-state index >= 15 is 0 Å². The van der Waals surface area contributed by atoms with Gasteiger partial charge < -0.3 is 15.6 Å². The number of hydrogen-bond acceptors (Lipinski definition) is 3. The molecular weight excluding hydrogens is 228 g/mol. The topological polar surface area (TPSA) is 55.5 Å². The molecule has 1 unspecified atom stereocenters. The van der Waals surface area contributed by atoms with Crippen molar-refractivity contribution >= 4 is 0 Å². The minimum Gasteiger partial charge on any atom is -0.491 e. The second kappa shape index (κ2) is 5.93. The summed E-state index contributed by atoms with van der Waals surface area (Å²) in [5.41, 5.74) is 5.07. The Morgan fingerprint density at radius 2 is 2.12 bits per heavy atom. The lowest BCUT2D eigenvalue weighted by Crippen LogP contribution is -2.40. The maximum Gasteiger partial charge on any atom is 0.167 e. The van der Waals surface area contributed by atoms with E-state index in [2.05, 4.69) is 0 Å². The highest BCUT2D eigenvalue weighted by Gasteiger charge is 2.16. The van der Waals surface area contributed by atoms with E-state index in [1.54, 1.807) is 6.92 Å². The molecule has 1 atom stereocenters. The fraction of sp³-hybridized carbons (Fsp3) is 0.500. The zero-order chi connectivity index (χ0) is 12.9. The number of rotatable bonds is 6. The molecule has 96 valence electrons. The molecule has 3 N–H and O–H groups in total. The van der Waals surface area contributed by atoms with E-state index in [0.717, 1.165) is 12.1 Å². The van der Waals surface area contributed by atoms with Crippen LogP contribution in [0.5, 0.6) is 5.75 Å². The van der Waals surface area contributed by atoms with Crippen molar-refractivity contribution in [1.82, 2.24) is 0 Å². The van der Waals surface area contributed by atoms with Crippen LogP contribution in [0, 0.1) is 11.6 Å². The van der Waals surface area contributed by atoms with Gasteiger partial charge in [0.05, 0.1) is 13.2 Å². The number of benzene rings is 1. The van der Waals surface area contributed by atoms with Gasteiger partial charge in [-0.2, -0.15) is 0 Å². The van der Waals surface area contributed by atoms with Crippen LogP contribution < -0.4 is 10.5 Å². The maximum absolute atomic E-state index is 13.1. The van der Waals surface area contributed by atoms with Crippen molar-refractivity contribution < 1.29 is 18.6 Å². The Bertz CT molecular complexity index is 370. The Kier molecular flexibility index (Phi) is 4.84. The van der Waals surface area contributed by atoms with E-state index in [9.17, 15) is 8.78 Å². The van der Waals surface area contributed by atoms with Gasteiger partial charge in [0, 0.05) is 11.6 Å². The van der Waals surface area contributed by atoms with Crippen LogP contribution in [-0.4, -0.2) is 23.9 Å². The van der Waals surface area contributed by atoms with E-state index in [0.29, 0.717) is 12.8 Å². The molecule has 0 bridgehead atoms. The van der Waals surface area contributed by atoms with Crippen LogP contribution >= 0.6 is 0 Å². The number of aliphatic hydroxyl groups is 1. The van der Waals surface area contributed by atoms with Gasteiger partial charge in [-0.1, -0.05) is 0 Å². The molecule has 0 aromatic heterocycles. The molecule has 5 heteroatoms. The Morgan fingerprint density at radius 1 is 1.41 bits per heavy atom. The highest BCUT2D eigenvalue weighted by Crippen LogP contribution is 2.18. The number of halogens is 2. The average molecular weight is 245 g/mol. The zero-order valence-electron chi connectivity index (χ0n) is 9.75. The van der Waals surface area contributed by atoms with Crippen molar-refractivity contribution in [3.05, 3.63) is 29.8 Å². The molecule has 0 aliphatic heterocycles. The summed E-state index contributed by atoms with van der Waals surface area (Å²) in [5.74, 6) is -1.33. The van der Waals surface area contributed by atoms with Crippen molar-refractivity contribution in [3.8, 4) is 5.75 Å². The highest BCUT2D eigenvalue weighted by atomic mass is 19.1. The van der Waals surface area contributed by atoms with Gasteiger partial charge in [-0.25, -0.2) is 8.78 Å². The van der Waals surface area contributed by atoms with Gasteiger partial charge in [0.15, 0.2) is 11.6 Å². The second-order valence-corrected chi connectivity index (χ2v) is 4.34. The minimum atomic E-state index is -0.720. The summed E-state index contributed by atoms with van der Waals surface area (Å²) in [4.78, 5) is 0. The first-order chi connectivity index (χ1) is 7.94. The maximum atomic E-state index is 13.1. The van der Waals surface area contributed by atoms with Gasteiger partial charge in [0.2, 0.25) is 0 Å². The quantitative estimate of drug-likeness (QED) is 0.752. The van der Waals surface area contributed by atoms with Crippen molar-refractivity contribution in [3.63, 3.8) is 0 Å². The van der Waals surface area contributed by atoms with Crippen LogP contribution in [0.15, 0.2) is 18.2 Å². The molecule has 3 nitrogen and oxygen atoms in total. The van der Waals surface area contributed by atoms with Gasteiger partial charge in [-0.15, -0.1) is 0 Å². The van der Waals surface area contributed by atoms with Gasteiger partial charge in [-0.05, 0) is 31.9 Å². The molecule has 0 heterocycles. The molecule has 0 amide bonds. The third-order valence-electron chi connectivity index (χ3n) is 2.40. The van der Waals surface area contributed by atoms with Gasteiger partial charge in [0.1, 0.15) is 5.82 Å². The monoisotopic (exact) mass is 245 g/mol. The first kappa shape index (κ1) is 13.9. The van der Waals surface area contributed by atoms with Crippen LogP contribution in [0.2, 0.25) is 0 Å². The normalized spacial score (nSPS) is 14.4. The SMILES string of the molecule is CC(N)(CO)CCCOc1ccc(F)cc1F. The Balaban J connectivity index is 2.36. The molecule has 1 rings (SSSR count). The predicted octanol–water partition coefficient (Wildman–Crippen LogP) is 1.83. The smallest absolute Gasteiger partial charge is 0.167 e. The lowest BCUT2D eigenvalue weighted by molar-refractivity contribution is 0.187. The predicted molar refractivity (Wildman–Crippen MR) is 60.8 cm³/mol. The van der Waals surface area contributed by atoms with Crippen molar-refractivity contribution in [2.45, 2.75) is 25.3 Å². The van der Waals surface area contributed by atoms with Crippen LogP contribution in [-0.2, 0) is 0 Å². The first-order valence-electron chi connectivity index (χ1n) is 5.42. The number of ether oxygens (including phenoxy) is 1. The van der Waals surface area contributed by atoms with Crippen molar-refractivity contribution in [2.24, 2.45) is 5.73 Å². The molecule has 0 fully saturated rings. The molecule has 17 heavy (non-hydrogen) atoms. The Hall–Kier alpha value is -1.20. The molecule has 1 aromatic rings. The van der Waals surface area contributed by atoms with E-state index in [4.69, 9.17) is 15.6 Å². The summed E-state index contributed by atoms with van der Waals surface area (Å²) in [7, 11) is 0. The van der Waals surface area contributed by atoms with E-state index in [1.165, 1.54) is 6.07 Å². The average Bonchev–Trinajstić information content (AvgIpc) is 2.27. The Morgan fingerprint density at radius 3 is 2.71 bits per heavy atom.